The first-order chi connectivity index (χ1) is 16.9. The summed E-state index contributed by atoms with van der Waals surface area (Å²) in [6, 6.07) is 13.3. The second-order valence-corrected chi connectivity index (χ2v) is 9.11. The predicted octanol–water partition coefficient (Wildman–Crippen LogP) is 4.83. The van der Waals surface area contributed by atoms with Crippen LogP contribution >= 0.6 is 11.6 Å². The van der Waals surface area contributed by atoms with Crippen LogP contribution < -0.4 is 4.90 Å². The number of halogens is 2. The number of amides is 1. The molecule has 0 unspecified atom stereocenters. The van der Waals surface area contributed by atoms with E-state index in [2.05, 4.69) is 11.8 Å². The molecule has 1 aliphatic heterocycles. The highest BCUT2D eigenvalue weighted by Crippen LogP contribution is 2.30. The molecule has 4 aromatic rings. The molecule has 1 aliphatic rings. The van der Waals surface area contributed by atoms with E-state index < -0.39 is 0 Å². The Bertz CT molecular complexity index is 1380. The quantitative estimate of drug-likeness (QED) is 0.399. The number of hydrogen-bond acceptors (Lipinski definition) is 5. The molecule has 0 N–H and O–H groups in total. The first-order valence-electron chi connectivity index (χ1n) is 11.8. The maximum atomic E-state index is 13.5. The number of anilines is 1. The molecule has 180 valence electrons. The molecule has 0 spiro atoms. The van der Waals surface area contributed by atoms with Gasteiger partial charge >= 0.3 is 0 Å². The molecular formula is C26H26ClFN6O. The van der Waals surface area contributed by atoms with Crippen molar-refractivity contribution in [2.24, 2.45) is 0 Å². The van der Waals surface area contributed by atoms with Gasteiger partial charge in [0.15, 0.2) is 5.65 Å². The standard InChI is InChI=1S/C26H26ClFN6O/c1-3-5-22-29-24(23-17(2)31-34(25(23)30-22)21-10-8-20(28)9-11-21)32-12-14-33(15-13-32)26(35)18-6-4-7-19(27)16-18/h4,6-11,16H,3,5,12-15H2,1-2H3. The summed E-state index contributed by atoms with van der Waals surface area (Å²) in [5.74, 6) is 1.26. The van der Waals surface area contributed by atoms with E-state index in [1.54, 1.807) is 41.1 Å². The second-order valence-electron chi connectivity index (χ2n) is 8.68. The number of carbonyl (C=O) groups excluding carboxylic acids is 1. The lowest BCUT2D eigenvalue weighted by Crippen LogP contribution is -2.49. The zero-order valence-electron chi connectivity index (χ0n) is 19.7. The van der Waals surface area contributed by atoms with Crippen LogP contribution in [0.15, 0.2) is 48.5 Å². The van der Waals surface area contributed by atoms with Crippen LogP contribution in [-0.2, 0) is 6.42 Å². The summed E-state index contributed by atoms with van der Waals surface area (Å²) in [4.78, 5) is 26.8. The molecule has 1 amide bonds. The van der Waals surface area contributed by atoms with Crippen molar-refractivity contribution in [1.29, 1.82) is 0 Å². The van der Waals surface area contributed by atoms with E-state index in [0.29, 0.717) is 42.4 Å². The van der Waals surface area contributed by atoms with Crippen molar-refractivity contribution in [2.45, 2.75) is 26.7 Å². The van der Waals surface area contributed by atoms with Crippen molar-refractivity contribution in [3.63, 3.8) is 0 Å². The molecule has 0 radical (unpaired) electrons. The Hall–Kier alpha value is -3.52. The number of carbonyl (C=O) groups is 1. The summed E-state index contributed by atoms with van der Waals surface area (Å²) < 4.78 is 15.3. The van der Waals surface area contributed by atoms with Gasteiger partial charge in [-0.05, 0) is 55.8 Å². The lowest BCUT2D eigenvalue weighted by molar-refractivity contribution is 0.0746. The van der Waals surface area contributed by atoms with E-state index in [1.165, 1.54) is 12.1 Å². The van der Waals surface area contributed by atoms with Gasteiger partial charge in [-0.3, -0.25) is 4.79 Å². The third-order valence-electron chi connectivity index (χ3n) is 6.21. The third-order valence-corrected chi connectivity index (χ3v) is 6.45. The smallest absolute Gasteiger partial charge is 0.254 e. The number of rotatable bonds is 5. The van der Waals surface area contributed by atoms with E-state index in [1.807, 2.05) is 11.8 Å². The number of piperazine rings is 1. The highest BCUT2D eigenvalue weighted by molar-refractivity contribution is 6.30. The van der Waals surface area contributed by atoms with Gasteiger partial charge in [-0.15, -0.1) is 0 Å². The van der Waals surface area contributed by atoms with Crippen LogP contribution in [0.2, 0.25) is 5.02 Å². The molecule has 0 atom stereocenters. The van der Waals surface area contributed by atoms with Gasteiger partial charge in [-0.2, -0.15) is 5.10 Å². The molecule has 5 rings (SSSR count). The number of benzene rings is 2. The summed E-state index contributed by atoms with van der Waals surface area (Å²) in [6.45, 7) is 6.47. The molecule has 0 saturated carbocycles. The van der Waals surface area contributed by atoms with Crippen LogP contribution in [0.1, 0.15) is 35.2 Å². The first kappa shape index (κ1) is 23.2. The van der Waals surface area contributed by atoms with Crippen LogP contribution in [0.25, 0.3) is 16.7 Å². The van der Waals surface area contributed by atoms with Crippen molar-refractivity contribution in [3.05, 3.63) is 76.5 Å². The number of aromatic nitrogens is 4. The Morgan fingerprint density at radius 3 is 2.49 bits per heavy atom. The largest absolute Gasteiger partial charge is 0.352 e. The van der Waals surface area contributed by atoms with Crippen LogP contribution in [0, 0.1) is 12.7 Å². The van der Waals surface area contributed by atoms with Gasteiger partial charge in [0.25, 0.3) is 5.91 Å². The Balaban J connectivity index is 1.47. The number of hydrogen-bond donors (Lipinski definition) is 0. The van der Waals surface area contributed by atoms with E-state index in [-0.39, 0.29) is 11.7 Å². The Morgan fingerprint density at radius 1 is 1.06 bits per heavy atom. The van der Waals surface area contributed by atoms with Gasteiger partial charge in [0, 0.05) is 43.2 Å². The SMILES string of the molecule is CCCc1nc(N2CCN(C(=O)c3cccc(Cl)c3)CC2)c2c(C)nn(-c3ccc(F)cc3)c2n1. The monoisotopic (exact) mass is 492 g/mol. The van der Waals surface area contributed by atoms with Crippen LogP contribution in [-0.4, -0.2) is 56.7 Å². The number of fused-ring (bicyclic) bond motifs is 1. The molecule has 0 aliphatic carbocycles. The summed E-state index contributed by atoms with van der Waals surface area (Å²) >= 11 is 6.08. The lowest BCUT2D eigenvalue weighted by Gasteiger charge is -2.35. The van der Waals surface area contributed by atoms with Crippen LogP contribution in [0.5, 0.6) is 0 Å². The van der Waals surface area contributed by atoms with Crippen molar-refractivity contribution in [2.75, 3.05) is 31.1 Å². The molecular weight excluding hydrogens is 467 g/mol. The van der Waals surface area contributed by atoms with E-state index >= 15 is 0 Å². The molecule has 1 fully saturated rings. The molecule has 2 aromatic carbocycles. The summed E-state index contributed by atoms with van der Waals surface area (Å²) in [6.07, 6.45) is 1.65. The predicted molar refractivity (Wildman–Crippen MR) is 135 cm³/mol. The van der Waals surface area contributed by atoms with Gasteiger partial charge in [0.05, 0.1) is 16.8 Å². The van der Waals surface area contributed by atoms with Gasteiger partial charge in [0.1, 0.15) is 17.5 Å². The average molecular weight is 493 g/mol. The average Bonchev–Trinajstić information content (AvgIpc) is 3.20. The number of aryl methyl sites for hydroxylation is 2. The fraction of sp³-hybridized carbons (Fsp3) is 0.308. The number of nitrogens with zero attached hydrogens (tertiary/aromatic N) is 6. The molecule has 35 heavy (non-hydrogen) atoms. The van der Waals surface area contributed by atoms with Crippen molar-refractivity contribution < 1.29 is 9.18 Å². The minimum atomic E-state index is -0.297. The van der Waals surface area contributed by atoms with Gasteiger partial charge in [-0.25, -0.2) is 19.0 Å². The lowest BCUT2D eigenvalue weighted by atomic mass is 10.1. The summed E-state index contributed by atoms with van der Waals surface area (Å²) in [7, 11) is 0. The minimum absolute atomic E-state index is 0.0213. The van der Waals surface area contributed by atoms with Crippen molar-refractivity contribution >= 4 is 34.4 Å². The molecule has 7 nitrogen and oxygen atoms in total. The molecule has 2 aromatic heterocycles. The van der Waals surface area contributed by atoms with E-state index in [4.69, 9.17) is 26.7 Å². The van der Waals surface area contributed by atoms with Gasteiger partial charge < -0.3 is 9.80 Å². The second kappa shape index (κ2) is 9.62. The van der Waals surface area contributed by atoms with Crippen LogP contribution in [0.4, 0.5) is 10.2 Å². The Kier molecular flexibility index (Phi) is 6.38. The van der Waals surface area contributed by atoms with Crippen molar-refractivity contribution in [3.8, 4) is 5.69 Å². The minimum Gasteiger partial charge on any atom is -0.352 e. The van der Waals surface area contributed by atoms with Gasteiger partial charge in [-0.1, -0.05) is 24.6 Å². The summed E-state index contributed by atoms with van der Waals surface area (Å²) in [5.41, 5.74) is 2.85. The fourth-order valence-corrected chi connectivity index (χ4v) is 4.65. The van der Waals surface area contributed by atoms with E-state index in [0.717, 1.165) is 41.3 Å². The molecule has 1 saturated heterocycles. The zero-order chi connectivity index (χ0) is 24.5. The van der Waals surface area contributed by atoms with Crippen LogP contribution in [0.3, 0.4) is 0 Å². The molecule has 3 heterocycles. The maximum absolute atomic E-state index is 13.5. The Morgan fingerprint density at radius 2 is 1.80 bits per heavy atom. The molecule has 9 heteroatoms. The fourth-order valence-electron chi connectivity index (χ4n) is 4.46. The zero-order valence-corrected chi connectivity index (χ0v) is 20.5. The highest BCUT2D eigenvalue weighted by atomic mass is 35.5. The topological polar surface area (TPSA) is 67.2 Å². The third kappa shape index (κ3) is 4.58. The normalized spacial score (nSPS) is 14.1. The maximum Gasteiger partial charge on any atom is 0.254 e. The highest BCUT2D eigenvalue weighted by Gasteiger charge is 2.27. The summed E-state index contributed by atoms with van der Waals surface area (Å²) in [5, 5.41) is 6.15. The van der Waals surface area contributed by atoms with Gasteiger partial charge in [0.2, 0.25) is 0 Å². The molecule has 0 bridgehead atoms. The first-order valence-corrected chi connectivity index (χ1v) is 12.1. The Labute approximate surface area is 208 Å². The van der Waals surface area contributed by atoms with Crippen molar-refractivity contribution in [1.82, 2.24) is 24.6 Å². The van der Waals surface area contributed by atoms with E-state index in [9.17, 15) is 9.18 Å².